The highest BCUT2D eigenvalue weighted by Gasteiger charge is 2.34. The maximum atomic E-state index is 14.4. The molecule has 1 unspecified atom stereocenters. The molecule has 0 spiro atoms. The summed E-state index contributed by atoms with van der Waals surface area (Å²) in [5, 5.41) is 0.461. The van der Waals surface area contributed by atoms with Gasteiger partial charge in [0.2, 0.25) is 5.56 Å². The fourth-order valence-corrected chi connectivity index (χ4v) is 4.75. The highest BCUT2D eigenvalue weighted by atomic mass is 19.1. The molecular weight excluding hydrogens is 369 g/mol. The van der Waals surface area contributed by atoms with Crippen molar-refractivity contribution in [3.63, 3.8) is 0 Å². The molecule has 1 saturated heterocycles. The van der Waals surface area contributed by atoms with E-state index in [0.717, 1.165) is 19.4 Å². The minimum absolute atomic E-state index is 0.0937. The molecule has 2 aliphatic heterocycles. The van der Waals surface area contributed by atoms with Crippen LogP contribution in [0.15, 0.2) is 47.3 Å². The van der Waals surface area contributed by atoms with Crippen LogP contribution in [0.25, 0.3) is 10.9 Å². The normalized spacial score (nSPS) is 18.5. The van der Waals surface area contributed by atoms with Crippen molar-refractivity contribution < 1.29 is 9.18 Å². The lowest BCUT2D eigenvalue weighted by molar-refractivity contribution is 0.0757. The van der Waals surface area contributed by atoms with E-state index in [-0.39, 0.29) is 23.0 Å². The van der Waals surface area contributed by atoms with E-state index in [0.29, 0.717) is 24.0 Å². The number of halogens is 1. The van der Waals surface area contributed by atoms with Gasteiger partial charge >= 0.3 is 0 Å². The van der Waals surface area contributed by atoms with Crippen molar-refractivity contribution in [1.29, 1.82) is 0 Å². The number of hydrogen-bond acceptors (Lipinski definition) is 3. The predicted molar refractivity (Wildman–Crippen MR) is 111 cm³/mol. The Kier molecular flexibility index (Phi) is 4.15. The van der Waals surface area contributed by atoms with Crippen LogP contribution >= 0.6 is 0 Å². The van der Waals surface area contributed by atoms with Gasteiger partial charge in [0.1, 0.15) is 5.82 Å². The van der Waals surface area contributed by atoms with Gasteiger partial charge < -0.3 is 14.8 Å². The zero-order valence-electron chi connectivity index (χ0n) is 16.2. The summed E-state index contributed by atoms with van der Waals surface area (Å²) in [6.45, 7) is 3.89. The summed E-state index contributed by atoms with van der Waals surface area (Å²) < 4.78 is 14.4. The first-order valence-electron chi connectivity index (χ1n) is 9.98. The zero-order valence-corrected chi connectivity index (χ0v) is 16.2. The average Bonchev–Trinajstić information content (AvgIpc) is 2.90. The molecule has 5 nitrogen and oxygen atoms in total. The third kappa shape index (κ3) is 2.99. The molecule has 5 rings (SSSR count). The zero-order chi connectivity index (χ0) is 20.1. The van der Waals surface area contributed by atoms with E-state index in [2.05, 4.69) is 22.0 Å². The Morgan fingerprint density at radius 2 is 2.00 bits per heavy atom. The first-order chi connectivity index (χ1) is 14.0. The molecule has 0 saturated carbocycles. The molecule has 1 N–H and O–H groups in total. The number of nitrogens with zero attached hydrogens (tertiary/aromatic N) is 2. The number of H-pyrrole nitrogens is 1. The number of benzene rings is 2. The van der Waals surface area contributed by atoms with Gasteiger partial charge in [-0.1, -0.05) is 18.2 Å². The van der Waals surface area contributed by atoms with Crippen molar-refractivity contribution in [1.82, 2.24) is 9.88 Å². The summed E-state index contributed by atoms with van der Waals surface area (Å²) in [5.41, 5.74) is 3.18. The van der Waals surface area contributed by atoms with Crippen LogP contribution in [0.5, 0.6) is 0 Å². The maximum absolute atomic E-state index is 14.4. The number of hydrogen-bond donors (Lipinski definition) is 1. The van der Waals surface area contributed by atoms with Crippen molar-refractivity contribution in [3.8, 4) is 0 Å². The molecule has 6 heteroatoms. The molecule has 29 heavy (non-hydrogen) atoms. The Labute approximate surface area is 167 Å². The third-order valence-corrected chi connectivity index (χ3v) is 6.02. The second-order valence-electron chi connectivity index (χ2n) is 8.00. The average molecular weight is 391 g/mol. The van der Waals surface area contributed by atoms with Crippen LogP contribution in [-0.4, -0.2) is 41.5 Å². The van der Waals surface area contributed by atoms with E-state index in [1.54, 1.807) is 13.0 Å². The third-order valence-electron chi connectivity index (χ3n) is 6.02. The molecule has 1 atom stereocenters. The summed E-state index contributed by atoms with van der Waals surface area (Å²) in [5.74, 6) is -0.719. The topological polar surface area (TPSA) is 56.4 Å². The van der Waals surface area contributed by atoms with Gasteiger partial charge in [0.05, 0.1) is 17.1 Å². The van der Waals surface area contributed by atoms with Crippen LogP contribution in [0.3, 0.4) is 0 Å². The van der Waals surface area contributed by atoms with E-state index >= 15 is 0 Å². The van der Waals surface area contributed by atoms with Crippen LogP contribution in [-0.2, 0) is 6.42 Å². The van der Waals surface area contributed by atoms with E-state index in [1.807, 2.05) is 17.0 Å². The minimum atomic E-state index is -0.514. The first-order valence-corrected chi connectivity index (χ1v) is 9.98. The van der Waals surface area contributed by atoms with Crippen molar-refractivity contribution in [2.45, 2.75) is 25.8 Å². The molecule has 1 fully saturated rings. The molecule has 3 heterocycles. The van der Waals surface area contributed by atoms with Gasteiger partial charge in [-0.25, -0.2) is 4.39 Å². The van der Waals surface area contributed by atoms with E-state index < -0.39 is 11.4 Å². The lowest BCUT2D eigenvalue weighted by Crippen LogP contribution is -2.41. The molecule has 3 aromatic rings. The fourth-order valence-electron chi connectivity index (χ4n) is 4.75. The number of aromatic nitrogens is 1. The summed E-state index contributed by atoms with van der Waals surface area (Å²) in [6.07, 6.45) is 1.76. The Bertz CT molecular complexity index is 1190. The highest BCUT2D eigenvalue weighted by Crippen LogP contribution is 2.34. The van der Waals surface area contributed by atoms with Gasteiger partial charge in [0.25, 0.3) is 5.91 Å². The van der Waals surface area contributed by atoms with Gasteiger partial charge in [-0.2, -0.15) is 0 Å². The lowest BCUT2D eigenvalue weighted by Gasteiger charge is -2.27. The van der Waals surface area contributed by atoms with Gasteiger partial charge in [0.15, 0.2) is 0 Å². The van der Waals surface area contributed by atoms with Crippen LogP contribution in [0.2, 0.25) is 0 Å². The van der Waals surface area contributed by atoms with E-state index in [4.69, 9.17) is 0 Å². The van der Waals surface area contributed by atoms with E-state index in [1.165, 1.54) is 23.4 Å². The summed E-state index contributed by atoms with van der Waals surface area (Å²) >= 11 is 0. The Morgan fingerprint density at radius 1 is 1.17 bits per heavy atom. The Hall–Kier alpha value is -3.15. The Morgan fingerprint density at radius 3 is 2.86 bits per heavy atom. The molecule has 1 amide bonds. The summed E-state index contributed by atoms with van der Waals surface area (Å²) in [4.78, 5) is 32.3. The van der Waals surface area contributed by atoms with Crippen molar-refractivity contribution in [2.75, 3.05) is 24.5 Å². The van der Waals surface area contributed by atoms with Crippen LogP contribution in [0, 0.1) is 12.7 Å². The Balaban J connectivity index is 1.51. The number of rotatable bonds is 1. The smallest absolute Gasteiger partial charge is 0.254 e. The highest BCUT2D eigenvalue weighted by molar-refractivity contribution is 6.06. The number of carbonyl (C=O) groups is 1. The number of amides is 1. The molecule has 1 aromatic heterocycles. The SMILES string of the molecule is Cc1cc(F)c2[nH]c(=O)cc(C(=O)N3CCCN4c5ccccc5CC4C3)c2c1. The molecule has 148 valence electrons. The standard InChI is InChI=1S/C23H22FN3O2/c1-14-9-17-18(12-21(28)25-22(17)19(24)10-14)23(29)26-7-4-8-27-16(13-26)11-15-5-2-3-6-20(15)27/h2-3,5-6,9-10,12,16H,4,7-8,11,13H2,1H3,(H,25,28). The number of para-hydroxylation sites is 1. The van der Waals surface area contributed by atoms with Crippen molar-refractivity contribution in [3.05, 3.63) is 75.3 Å². The lowest BCUT2D eigenvalue weighted by atomic mass is 10.0. The monoisotopic (exact) mass is 391 g/mol. The molecule has 0 radical (unpaired) electrons. The molecule has 2 aliphatic rings. The summed E-state index contributed by atoms with van der Waals surface area (Å²) in [6, 6.07) is 13.0. The van der Waals surface area contributed by atoms with Crippen LogP contribution in [0.4, 0.5) is 10.1 Å². The summed E-state index contributed by atoms with van der Waals surface area (Å²) in [7, 11) is 0. The predicted octanol–water partition coefficient (Wildman–Crippen LogP) is 3.25. The molecular formula is C23H22FN3O2. The molecule has 0 aliphatic carbocycles. The number of pyridine rings is 1. The van der Waals surface area contributed by atoms with Gasteiger partial charge in [0, 0.05) is 36.8 Å². The fraction of sp³-hybridized carbons (Fsp3) is 0.304. The number of anilines is 1. The van der Waals surface area contributed by atoms with Crippen molar-refractivity contribution in [2.24, 2.45) is 0 Å². The number of carbonyl (C=O) groups excluding carboxylic acids is 1. The van der Waals surface area contributed by atoms with Crippen LogP contribution < -0.4 is 10.5 Å². The minimum Gasteiger partial charge on any atom is -0.366 e. The van der Waals surface area contributed by atoms with Gasteiger partial charge in [-0.15, -0.1) is 0 Å². The first kappa shape index (κ1) is 17.9. The number of nitrogens with one attached hydrogen (secondary N) is 1. The van der Waals surface area contributed by atoms with Crippen molar-refractivity contribution >= 4 is 22.5 Å². The number of aromatic amines is 1. The number of fused-ring (bicyclic) bond motifs is 4. The van der Waals surface area contributed by atoms with E-state index in [9.17, 15) is 14.0 Å². The second-order valence-corrected chi connectivity index (χ2v) is 8.00. The maximum Gasteiger partial charge on any atom is 0.254 e. The second kappa shape index (κ2) is 6.72. The van der Waals surface area contributed by atoms with Gasteiger partial charge in [-0.3, -0.25) is 9.59 Å². The quantitative estimate of drug-likeness (QED) is 0.693. The molecule has 0 bridgehead atoms. The van der Waals surface area contributed by atoms with Crippen LogP contribution in [0.1, 0.15) is 27.9 Å². The number of aryl methyl sites for hydroxylation is 1. The van der Waals surface area contributed by atoms with Gasteiger partial charge in [-0.05, 0) is 49.1 Å². The largest absolute Gasteiger partial charge is 0.366 e. The molecule has 2 aromatic carbocycles.